The van der Waals surface area contributed by atoms with Gasteiger partial charge in [0.1, 0.15) is 0 Å². The summed E-state index contributed by atoms with van der Waals surface area (Å²) in [4.78, 5) is 4.61. The zero-order chi connectivity index (χ0) is 13.7. The molecule has 0 aromatic heterocycles. The van der Waals surface area contributed by atoms with Gasteiger partial charge in [0.25, 0.3) is 0 Å². The van der Waals surface area contributed by atoms with Crippen LogP contribution in [0.4, 0.5) is 0 Å². The number of hydrogen-bond donors (Lipinski definition) is 2. The molecule has 1 aliphatic rings. The van der Waals surface area contributed by atoms with Gasteiger partial charge in [0.05, 0.1) is 6.10 Å². The molecule has 1 aliphatic heterocycles. The fraction of sp³-hybridized carbons (Fsp3) is 0.600. The number of β-amino-alcohol motifs (C(OH)–C–C–N with tert-alkyl or cyclic N) is 1. The average Bonchev–Trinajstić information content (AvgIpc) is 2.42. The Bertz CT molecular complexity index is 363. The van der Waals surface area contributed by atoms with E-state index in [2.05, 4.69) is 29.0 Å². The van der Waals surface area contributed by atoms with Crippen LogP contribution in [0.15, 0.2) is 30.3 Å². The summed E-state index contributed by atoms with van der Waals surface area (Å²) in [6.07, 6.45) is 0.277. The second-order valence-electron chi connectivity index (χ2n) is 5.52. The molecule has 3 N–H and O–H groups in total. The molecule has 2 rings (SSSR count). The second-order valence-corrected chi connectivity index (χ2v) is 5.52. The van der Waals surface area contributed by atoms with E-state index >= 15 is 0 Å². The van der Waals surface area contributed by atoms with Crippen LogP contribution < -0.4 is 5.73 Å². The molecule has 0 aliphatic carbocycles. The maximum absolute atomic E-state index is 10.2. The van der Waals surface area contributed by atoms with Gasteiger partial charge < -0.3 is 15.7 Å². The van der Waals surface area contributed by atoms with E-state index < -0.39 is 6.10 Å². The normalized spacial score (nSPS) is 21.2. The van der Waals surface area contributed by atoms with Crippen molar-refractivity contribution in [1.29, 1.82) is 0 Å². The Morgan fingerprint density at radius 2 is 1.79 bits per heavy atom. The molecule has 2 unspecified atom stereocenters. The van der Waals surface area contributed by atoms with Crippen molar-refractivity contribution in [1.82, 2.24) is 9.80 Å². The zero-order valence-electron chi connectivity index (χ0n) is 11.7. The molecule has 0 radical (unpaired) electrons. The van der Waals surface area contributed by atoms with Crippen molar-refractivity contribution in [2.45, 2.75) is 18.6 Å². The Kier molecular flexibility index (Phi) is 5.34. The highest BCUT2D eigenvalue weighted by molar-refractivity contribution is 5.16. The number of aliphatic hydroxyl groups excluding tert-OH is 1. The number of likely N-dealkylation sites (N-methyl/N-ethyl adjacent to an activating group) is 1. The minimum Gasteiger partial charge on any atom is -0.390 e. The number of aliphatic hydroxyl groups is 1. The standard InChI is InChI=1S/C15H25N3O/c1-17-7-9-18(10-8-17)12-15(19)14(16)11-13-5-3-2-4-6-13/h2-6,14-15,19H,7-12,16H2,1H3. The van der Waals surface area contributed by atoms with Crippen LogP contribution >= 0.6 is 0 Å². The first-order valence-electron chi connectivity index (χ1n) is 7.03. The molecule has 1 heterocycles. The fourth-order valence-corrected chi connectivity index (χ4v) is 2.45. The fourth-order valence-electron chi connectivity index (χ4n) is 2.45. The van der Waals surface area contributed by atoms with E-state index in [0.29, 0.717) is 6.54 Å². The Morgan fingerprint density at radius 3 is 2.42 bits per heavy atom. The number of benzene rings is 1. The lowest BCUT2D eigenvalue weighted by Gasteiger charge is -2.34. The molecule has 2 atom stereocenters. The van der Waals surface area contributed by atoms with Gasteiger partial charge in [0.15, 0.2) is 0 Å². The first kappa shape index (κ1) is 14.5. The van der Waals surface area contributed by atoms with Crippen molar-refractivity contribution in [2.75, 3.05) is 39.8 Å². The van der Waals surface area contributed by atoms with E-state index in [1.807, 2.05) is 18.2 Å². The maximum Gasteiger partial charge on any atom is 0.0820 e. The molecule has 106 valence electrons. The topological polar surface area (TPSA) is 52.7 Å². The minimum absolute atomic E-state index is 0.193. The van der Waals surface area contributed by atoms with E-state index in [4.69, 9.17) is 5.73 Å². The molecule has 1 aromatic carbocycles. The maximum atomic E-state index is 10.2. The molecular formula is C15H25N3O. The highest BCUT2D eigenvalue weighted by atomic mass is 16.3. The molecule has 0 spiro atoms. The van der Waals surface area contributed by atoms with Crippen molar-refractivity contribution in [3.8, 4) is 0 Å². The SMILES string of the molecule is CN1CCN(CC(O)C(N)Cc2ccccc2)CC1. The number of hydrogen-bond acceptors (Lipinski definition) is 4. The second kappa shape index (κ2) is 7.01. The summed E-state index contributed by atoms with van der Waals surface area (Å²) in [7, 11) is 2.13. The lowest BCUT2D eigenvalue weighted by atomic mass is 10.0. The lowest BCUT2D eigenvalue weighted by molar-refractivity contribution is 0.0660. The largest absolute Gasteiger partial charge is 0.390 e. The minimum atomic E-state index is -0.455. The molecule has 19 heavy (non-hydrogen) atoms. The van der Waals surface area contributed by atoms with Crippen molar-refractivity contribution < 1.29 is 5.11 Å². The van der Waals surface area contributed by atoms with Crippen LogP contribution in [-0.4, -0.2) is 66.8 Å². The average molecular weight is 263 g/mol. The van der Waals surface area contributed by atoms with Gasteiger partial charge in [-0.25, -0.2) is 0 Å². The zero-order valence-corrected chi connectivity index (χ0v) is 11.7. The first-order chi connectivity index (χ1) is 9.15. The van der Waals surface area contributed by atoms with E-state index in [0.717, 1.165) is 32.6 Å². The van der Waals surface area contributed by atoms with E-state index in [1.165, 1.54) is 5.56 Å². The van der Waals surface area contributed by atoms with Crippen LogP contribution in [0.2, 0.25) is 0 Å². The summed E-state index contributed by atoms with van der Waals surface area (Å²) >= 11 is 0. The molecule has 1 saturated heterocycles. The number of piperazine rings is 1. The molecule has 0 saturated carbocycles. The van der Waals surface area contributed by atoms with Crippen LogP contribution in [0.1, 0.15) is 5.56 Å². The number of nitrogens with zero attached hydrogens (tertiary/aromatic N) is 2. The summed E-state index contributed by atoms with van der Waals surface area (Å²) in [5.41, 5.74) is 7.29. The van der Waals surface area contributed by atoms with Crippen molar-refractivity contribution in [2.24, 2.45) is 5.73 Å². The van der Waals surface area contributed by atoms with Crippen molar-refractivity contribution >= 4 is 0 Å². The lowest BCUT2D eigenvalue weighted by Crippen LogP contribution is -2.50. The van der Waals surface area contributed by atoms with Gasteiger partial charge in [-0.15, -0.1) is 0 Å². The van der Waals surface area contributed by atoms with Gasteiger partial charge in [-0.05, 0) is 19.0 Å². The molecule has 4 nitrogen and oxygen atoms in total. The molecule has 1 fully saturated rings. The third-order valence-corrected chi connectivity index (χ3v) is 3.85. The van der Waals surface area contributed by atoms with Gasteiger partial charge in [0.2, 0.25) is 0 Å². The Balaban J connectivity index is 1.77. The molecular weight excluding hydrogens is 238 g/mol. The summed E-state index contributed by atoms with van der Waals surface area (Å²) in [6.45, 7) is 4.86. The quantitative estimate of drug-likeness (QED) is 0.795. The Morgan fingerprint density at radius 1 is 1.16 bits per heavy atom. The molecule has 4 heteroatoms. The van der Waals surface area contributed by atoms with Crippen LogP contribution in [0, 0.1) is 0 Å². The molecule has 1 aromatic rings. The van der Waals surface area contributed by atoms with E-state index in [9.17, 15) is 5.11 Å². The van der Waals surface area contributed by atoms with Crippen LogP contribution in [-0.2, 0) is 6.42 Å². The predicted octanol–water partition coefficient (Wildman–Crippen LogP) is 0.165. The number of rotatable bonds is 5. The summed E-state index contributed by atoms with van der Waals surface area (Å²) in [6, 6.07) is 9.94. The van der Waals surface area contributed by atoms with E-state index in [1.54, 1.807) is 0 Å². The summed E-state index contributed by atoms with van der Waals surface area (Å²) in [5.74, 6) is 0. The summed E-state index contributed by atoms with van der Waals surface area (Å²) in [5, 5.41) is 10.2. The van der Waals surface area contributed by atoms with Crippen LogP contribution in [0.5, 0.6) is 0 Å². The third-order valence-electron chi connectivity index (χ3n) is 3.85. The monoisotopic (exact) mass is 263 g/mol. The first-order valence-corrected chi connectivity index (χ1v) is 7.03. The summed E-state index contributed by atoms with van der Waals surface area (Å²) < 4.78 is 0. The smallest absolute Gasteiger partial charge is 0.0820 e. The van der Waals surface area contributed by atoms with Crippen LogP contribution in [0.25, 0.3) is 0 Å². The molecule has 0 bridgehead atoms. The number of nitrogens with two attached hydrogens (primary N) is 1. The van der Waals surface area contributed by atoms with Gasteiger partial charge in [0, 0.05) is 38.8 Å². The highest BCUT2D eigenvalue weighted by Crippen LogP contribution is 2.07. The highest BCUT2D eigenvalue weighted by Gasteiger charge is 2.21. The van der Waals surface area contributed by atoms with Gasteiger partial charge in [-0.2, -0.15) is 0 Å². The van der Waals surface area contributed by atoms with Gasteiger partial charge in [-0.1, -0.05) is 30.3 Å². The van der Waals surface area contributed by atoms with Gasteiger partial charge in [-0.3, -0.25) is 4.90 Å². The Labute approximate surface area is 115 Å². The Hall–Kier alpha value is -0.940. The van der Waals surface area contributed by atoms with E-state index in [-0.39, 0.29) is 6.04 Å². The van der Waals surface area contributed by atoms with Crippen molar-refractivity contribution in [3.05, 3.63) is 35.9 Å². The molecule has 0 amide bonds. The van der Waals surface area contributed by atoms with Gasteiger partial charge >= 0.3 is 0 Å². The third kappa shape index (κ3) is 4.58. The predicted molar refractivity (Wildman–Crippen MR) is 78.1 cm³/mol. The van der Waals surface area contributed by atoms with Crippen LogP contribution in [0.3, 0.4) is 0 Å². The van der Waals surface area contributed by atoms with Crippen molar-refractivity contribution in [3.63, 3.8) is 0 Å².